The van der Waals surface area contributed by atoms with Crippen LogP contribution >= 0.6 is 15.2 Å². The van der Waals surface area contributed by atoms with Crippen LogP contribution in [0.3, 0.4) is 0 Å². The van der Waals surface area contributed by atoms with Gasteiger partial charge in [-0.05, 0) is 0 Å². The van der Waals surface area contributed by atoms with Crippen LogP contribution in [0.15, 0.2) is 0 Å². The molecule has 0 heterocycles. The third-order valence-electron chi connectivity index (χ3n) is 2.41. The van der Waals surface area contributed by atoms with Gasteiger partial charge in [-0.3, -0.25) is 13.9 Å². The van der Waals surface area contributed by atoms with Crippen molar-refractivity contribution in [3.05, 3.63) is 0 Å². The predicted molar refractivity (Wildman–Crippen MR) is 66.0 cm³/mol. The van der Waals surface area contributed by atoms with Gasteiger partial charge < -0.3 is 45.3 Å². The van der Waals surface area contributed by atoms with Gasteiger partial charge in [-0.2, -0.15) is 0 Å². The summed E-state index contributed by atoms with van der Waals surface area (Å²) in [6.07, 6.45) is -6.23. The molecule has 12 nitrogen and oxygen atoms in total. The monoisotopic (exact) mass is 353 g/mol. The standard InChI is InChI=1S/C7H17NO11P2/c9-2-3(10)5(11)6(12)7(13)8-1-4(20(14,15)16)21(17,18)19/h3-6,9-12H,1-2H2,(H,8,13)(H2,14,15,16)(H2,17,18,19). The summed E-state index contributed by atoms with van der Waals surface area (Å²) in [7, 11) is -10.5. The molecular formula is C7H17NO11P2. The van der Waals surface area contributed by atoms with E-state index in [2.05, 4.69) is 0 Å². The lowest BCUT2D eigenvalue weighted by Gasteiger charge is -2.23. The Morgan fingerprint density at radius 2 is 1.43 bits per heavy atom. The summed E-state index contributed by atoms with van der Waals surface area (Å²) < 4.78 is 21.8. The van der Waals surface area contributed by atoms with Crippen LogP contribution in [0.4, 0.5) is 0 Å². The summed E-state index contributed by atoms with van der Waals surface area (Å²) >= 11 is 0. The lowest BCUT2D eigenvalue weighted by atomic mass is 10.1. The van der Waals surface area contributed by atoms with E-state index in [9.17, 15) is 24.1 Å². The molecule has 14 heteroatoms. The Balaban J connectivity index is 4.80. The van der Waals surface area contributed by atoms with Gasteiger partial charge >= 0.3 is 15.2 Å². The molecule has 126 valence electrons. The number of aliphatic hydroxyl groups is 4. The van der Waals surface area contributed by atoms with E-state index in [0.717, 1.165) is 0 Å². The molecule has 0 fully saturated rings. The van der Waals surface area contributed by atoms with Crippen LogP contribution in [-0.2, 0) is 13.9 Å². The van der Waals surface area contributed by atoms with Gasteiger partial charge in [0.15, 0.2) is 11.5 Å². The van der Waals surface area contributed by atoms with Crippen molar-refractivity contribution in [2.24, 2.45) is 0 Å². The Labute approximate surface area is 118 Å². The van der Waals surface area contributed by atoms with Crippen LogP contribution in [-0.4, -0.2) is 82.8 Å². The molecule has 0 bridgehead atoms. The number of hydrogen-bond donors (Lipinski definition) is 9. The van der Waals surface area contributed by atoms with Crippen molar-refractivity contribution < 1.29 is 53.9 Å². The Morgan fingerprint density at radius 3 is 1.76 bits per heavy atom. The van der Waals surface area contributed by atoms with Crippen molar-refractivity contribution in [2.45, 2.75) is 23.7 Å². The maximum absolute atomic E-state index is 11.3. The first-order valence-electron chi connectivity index (χ1n) is 5.35. The van der Waals surface area contributed by atoms with Crippen LogP contribution in [0.5, 0.6) is 0 Å². The molecule has 0 aromatic carbocycles. The van der Waals surface area contributed by atoms with Gasteiger partial charge in [0.2, 0.25) is 0 Å². The van der Waals surface area contributed by atoms with E-state index in [1.807, 2.05) is 0 Å². The highest BCUT2D eigenvalue weighted by molar-refractivity contribution is 7.70. The SMILES string of the molecule is O=C(NCC(P(=O)(O)O)P(=O)(O)O)C(O)C(O)C(O)CO. The minimum Gasteiger partial charge on any atom is -0.394 e. The number of amides is 1. The largest absolute Gasteiger partial charge is 0.394 e. The molecule has 0 aliphatic rings. The highest BCUT2D eigenvalue weighted by atomic mass is 31.2. The maximum Gasteiger partial charge on any atom is 0.342 e. The zero-order chi connectivity index (χ0) is 17.0. The molecule has 0 aliphatic heterocycles. The van der Waals surface area contributed by atoms with Crippen molar-refractivity contribution in [1.29, 1.82) is 0 Å². The zero-order valence-corrected chi connectivity index (χ0v) is 12.2. The van der Waals surface area contributed by atoms with Gasteiger partial charge in [-0.25, -0.2) is 0 Å². The third kappa shape index (κ3) is 6.49. The van der Waals surface area contributed by atoms with Crippen molar-refractivity contribution in [3.8, 4) is 0 Å². The summed E-state index contributed by atoms with van der Waals surface area (Å²) in [5.74, 6) is -1.44. The van der Waals surface area contributed by atoms with E-state index < -0.39 is 58.0 Å². The Kier molecular flexibility index (Phi) is 7.60. The van der Waals surface area contributed by atoms with Crippen LogP contribution < -0.4 is 5.32 Å². The fraction of sp³-hybridized carbons (Fsp3) is 0.857. The summed E-state index contributed by atoms with van der Waals surface area (Å²) in [5.41, 5.74) is 0. The number of carbonyl (C=O) groups is 1. The minimum absolute atomic E-state index is 0.973. The van der Waals surface area contributed by atoms with Crippen LogP contribution in [0, 0.1) is 0 Å². The average Bonchev–Trinajstić information content (AvgIpc) is 2.32. The number of nitrogens with one attached hydrogen (secondary N) is 1. The molecule has 0 aromatic rings. The van der Waals surface area contributed by atoms with E-state index in [-0.39, 0.29) is 0 Å². The van der Waals surface area contributed by atoms with Gasteiger partial charge in [0, 0.05) is 6.54 Å². The van der Waals surface area contributed by atoms with Crippen LogP contribution in [0.1, 0.15) is 0 Å². The highest BCUT2D eigenvalue weighted by Gasteiger charge is 2.44. The number of aliphatic hydroxyl groups excluding tert-OH is 4. The van der Waals surface area contributed by atoms with E-state index >= 15 is 0 Å². The van der Waals surface area contributed by atoms with Crippen molar-refractivity contribution in [1.82, 2.24) is 5.32 Å². The Bertz CT molecular complexity index is 422. The quantitative estimate of drug-likeness (QED) is 0.190. The molecule has 0 radical (unpaired) electrons. The molecule has 0 saturated carbocycles. The summed E-state index contributed by atoms with van der Waals surface area (Å²) in [5, 5.41) is 35.1. The lowest BCUT2D eigenvalue weighted by Crippen LogP contribution is -2.49. The lowest BCUT2D eigenvalue weighted by molar-refractivity contribution is -0.142. The van der Waals surface area contributed by atoms with E-state index in [1.54, 1.807) is 5.32 Å². The van der Waals surface area contributed by atoms with E-state index in [1.165, 1.54) is 0 Å². The first-order valence-corrected chi connectivity index (χ1v) is 8.71. The first-order chi connectivity index (χ1) is 9.32. The second kappa shape index (κ2) is 7.75. The minimum atomic E-state index is -5.24. The number of hydrogen-bond acceptors (Lipinski definition) is 7. The second-order valence-electron chi connectivity index (χ2n) is 4.09. The molecule has 3 atom stereocenters. The zero-order valence-electron chi connectivity index (χ0n) is 10.4. The van der Waals surface area contributed by atoms with Crippen molar-refractivity contribution >= 4 is 21.1 Å². The number of carbonyl (C=O) groups excluding carboxylic acids is 1. The molecule has 0 rings (SSSR count). The molecule has 0 aliphatic carbocycles. The second-order valence-corrected chi connectivity index (χ2v) is 8.10. The van der Waals surface area contributed by atoms with E-state index in [4.69, 9.17) is 29.8 Å². The summed E-state index contributed by atoms with van der Waals surface area (Å²) in [4.78, 5) is 46.5. The molecule has 0 spiro atoms. The summed E-state index contributed by atoms with van der Waals surface area (Å²) in [6, 6.07) is 0. The molecule has 21 heavy (non-hydrogen) atoms. The normalized spacial score (nSPS) is 17.4. The van der Waals surface area contributed by atoms with Crippen molar-refractivity contribution in [3.63, 3.8) is 0 Å². The van der Waals surface area contributed by atoms with Gasteiger partial charge in [0.05, 0.1) is 6.61 Å². The fourth-order valence-electron chi connectivity index (χ4n) is 1.20. The average molecular weight is 353 g/mol. The highest BCUT2D eigenvalue weighted by Crippen LogP contribution is 2.59. The van der Waals surface area contributed by atoms with Crippen LogP contribution in [0.25, 0.3) is 0 Å². The fourth-order valence-corrected chi connectivity index (χ4v) is 3.43. The Hall–Kier alpha value is -0.390. The smallest absolute Gasteiger partial charge is 0.342 e. The molecule has 0 aromatic heterocycles. The molecule has 1 amide bonds. The van der Waals surface area contributed by atoms with Gasteiger partial charge in [-0.15, -0.1) is 0 Å². The topological polar surface area (TPSA) is 225 Å². The third-order valence-corrected chi connectivity index (χ3v) is 6.13. The van der Waals surface area contributed by atoms with Crippen LogP contribution in [0.2, 0.25) is 0 Å². The molecule has 0 saturated heterocycles. The van der Waals surface area contributed by atoms with Gasteiger partial charge in [-0.1, -0.05) is 0 Å². The molecular weight excluding hydrogens is 336 g/mol. The van der Waals surface area contributed by atoms with Gasteiger partial charge in [0.1, 0.15) is 12.2 Å². The van der Waals surface area contributed by atoms with Crippen molar-refractivity contribution in [2.75, 3.05) is 13.2 Å². The molecule has 9 N–H and O–H groups in total. The summed E-state index contributed by atoms with van der Waals surface area (Å²) in [6.45, 7) is -2.15. The van der Waals surface area contributed by atoms with E-state index in [0.29, 0.717) is 0 Å². The maximum atomic E-state index is 11.3. The Morgan fingerprint density at radius 1 is 1.00 bits per heavy atom. The number of rotatable bonds is 8. The predicted octanol–water partition coefficient (Wildman–Crippen LogP) is -4.14. The molecule has 3 unspecified atom stereocenters. The first kappa shape index (κ1) is 20.6. The van der Waals surface area contributed by atoms with Gasteiger partial charge in [0.25, 0.3) is 5.91 Å².